The zero-order valence-electron chi connectivity index (χ0n) is 8.04. The van der Waals surface area contributed by atoms with E-state index in [1.807, 2.05) is 0 Å². The molecule has 0 radical (unpaired) electrons. The zero-order valence-corrected chi connectivity index (χ0v) is 8.04. The van der Waals surface area contributed by atoms with Crippen LogP contribution in [-0.2, 0) is 0 Å². The molecule has 0 saturated carbocycles. The van der Waals surface area contributed by atoms with Gasteiger partial charge in [-0.15, -0.1) is 0 Å². The van der Waals surface area contributed by atoms with Crippen LogP contribution in [0.4, 0.5) is 13.2 Å². The molecule has 2 rings (SSSR count). The lowest BCUT2D eigenvalue weighted by Crippen LogP contribution is -2.46. The van der Waals surface area contributed by atoms with Crippen molar-refractivity contribution in [1.82, 2.24) is 10.2 Å². The Kier molecular flexibility index (Phi) is 2.21. The maximum absolute atomic E-state index is 12.4. The Labute approximate surface area is 85.0 Å². The highest BCUT2D eigenvalue weighted by molar-refractivity contribution is 5.61. The summed E-state index contributed by atoms with van der Waals surface area (Å²) in [5.74, 6) is 0.481. The van der Waals surface area contributed by atoms with Gasteiger partial charge in [0, 0.05) is 12.6 Å². The highest BCUT2D eigenvalue weighted by Crippen LogP contribution is 2.26. The molecule has 0 fully saturated rings. The number of nitrogens with zero attached hydrogens (tertiary/aromatic N) is 2. The second-order valence-corrected chi connectivity index (χ2v) is 3.46. The molecule has 0 bridgehead atoms. The Bertz CT molecular complexity index is 354. The molecule has 0 aromatic heterocycles. The molecule has 1 N–H and O–H groups in total. The van der Waals surface area contributed by atoms with Crippen molar-refractivity contribution in [3.63, 3.8) is 0 Å². The third kappa shape index (κ3) is 1.84. The summed E-state index contributed by atoms with van der Waals surface area (Å²) in [5.41, 5.74) is 0.778. The maximum Gasteiger partial charge on any atom is 0.412 e. The average molecular weight is 217 g/mol. The monoisotopic (exact) mass is 217 g/mol. The fraction of sp³-hybridized carbons (Fsp3) is 0.444. The van der Waals surface area contributed by atoms with E-state index in [2.05, 4.69) is 10.3 Å². The molecular weight excluding hydrogens is 207 g/mol. The molecule has 2 aliphatic heterocycles. The minimum Gasteiger partial charge on any atom is -0.357 e. The van der Waals surface area contributed by atoms with Crippen molar-refractivity contribution in [2.75, 3.05) is 13.6 Å². The van der Waals surface area contributed by atoms with Crippen molar-refractivity contribution >= 4 is 6.34 Å². The Hall–Kier alpha value is -1.46. The first-order chi connectivity index (χ1) is 6.98. The molecule has 0 saturated heterocycles. The summed E-state index contributed by atoms with van der Waals surface area (Å²) < 4.78 is 37.3. The topological polar surface area (TPSA) is 27.6 Å². The van der Waals surface area contributed by atoms with E-state index >= 15 is 0 Å². The van der Waals surface area contributed by atoms with Crippen LogP contribution in [0.25, 0.3) is 0 Å². The highest BCUT2D eigenvalue weighted by atomic mass is 19.4. The number of hydrogen-bond donors (Lipinski definition) is 1. The van der Waals surface area contributed by atoms with E-state index in [-0.39, 0.29) is 0 Å². The quantitative estimate of drug-likeness (QED) is 0.661. The summed E-state index contributed by atoms with van der Waals surface area (Å²) in [4.78, 5) is 5.56. The van der Waals surface area contributed by atoms with Crippen LogP contribution >= 0.6 is 0 Å². The van der Waals surface area contributed by atoms with E-state index in [4.69, 9.17) is 0 Å². The normalized spacial score (nSPS) is 25.3. The summed E-state index contributed by atoms with van der Waals surface area (Å²) in [6.07, 6.45) is -0.145. The molecular formula is C9H10F3N3. The van der Waals surface area contributed by atoms with Gasteiger partial charge in [-0.2, -0.15) is 13.2 Å². The summed E-state index contributed by atoms with van der Waals surface area (Å²) in [6, 6.07) is -1.61. The second kappa shape index (κ2) is 3.29. The van der Waals surface area contributed by atoms with Crippen molar-refractivity contribution in [3.8, 4) is 0 Å². The van der Waals surface area contributed by atoms with Crippen LogP contribution in [-0.4, -0.2) is 37.0 Å². The Morgan fingerprint density at radius 2 is 2.27 bits per heavy atom. The van der Waals surface area contributed by atoms with Gasteiger partial charge >= 0.3 is 6.18 Å². The number of nitrogens with one attached hydrogen (secondary N) is 1. The molecule has 0 aromatic carbocycles. The van der Waals surface area contributed by atoms with E-state index in [0.717, 1.165) is 11.6 Å². The number of aliphatic imine (C=N–C) groups is 1. The third-order valence-corrected chi connectivity index (χ3v) is 2.31. The van der Waals surface area contributed by atoms with Crippen molar-refractivity contribution in [3.05, 3.63) is 23.5 Å². The number of alkyl halides is 3. The van der Waals surface area contributed by atoms with Gasteiger partial charge in [-0.05, 0) is 0 Å². The lowest BCUT2D eigenvalue weighted by atomic mass is 10.1. The smallest absolute Gasteiger partial charge is 0.357 e. The van der Waals surface area contributed by atoms with Gasteiger partial charge in [0.05, 0.1) is 12.9 Å². The number of dihydropyridines is 1. The molecule has 0 amide bonds. The van der Waals surface area contributed by atoms with Crippen LogP contribution in [0.3, 0.4) is 0 Å². The number of rotatable bonds is 0. The van der Waals surface area contributed by atoms with Crippen LogP contribution < -0.4 is 5.32 Å². The standard InChI is InChI=1S/C9H10F3N3/c1-15-5-13-4-6-2-3-7(9(10,11)12)14-8(6)15/h2-3,5,7,14H,4H2,1H3. The molecule has 82 valence electrons. The van der Waals surface area contributed by atoms with Gasteiger partial charge in [-0.1, -0.05) is 12.2 Å². The zero-order chi connectivity index (χ0) is 11.1. The average Bonchev–Trinajstić information content (AvgIpc) is 2.16. The first-order valence-corrected chi connectivity index (χ1v) is 4.46. The highest BCUT2D eigenvalue weighted by Gasteiger charge is 2.40. The van der Waals surface area contributed by atoms with E-state index < -0.39 is 12.2 Å². The van der Waals surface area contributed by atoms with Crippen molar-refractivity contribution in [2.24, 2.45) is 4.99 Å². The van der Waals surface area contributed by atoms with Crippen molar-refractivity contribution < 1.29 is 13.2 Å². The summed E-state index contributed by atoms with van der Waals surface area (Å²) in [5, 5.41) is 2.45. The molecule has 6 heteroatoms. The second-order valence-electron chi connectivity index (χ2n) is 3.46. The number of hydrogen-bond acceptors (Lipinski definition) is 3. The van der Waals surface area contributed by atoms with E-state index in [1.54, 1.807) is 11.9 Å². The minimum absolute atomic E-state index is 0.424. The molecule has 0 aromatic rings. The van der Waals surface area contributed by atoms with Gasteiger partial charge in [0.15, 0.2) is 0 Å². The molecule has 1 atom stereocenters. The predicted molar refractivity (Wildman–Crippen MR) is 50.3 cm³/mol. The van der Waals surface area contributed by atoms with Crippen LogP contribution in [0.2, 0.25) is 0 Å². The maximum atomic E-state index is 12.4. The molecule has 1 unspecified atom stereocenters. The predicted octanol–water partition coefficient (Wildman–Crippen LogP) is 1.26. The number of halogens is 3. The summed E-state index contributed by atoms with van der Waals surface area (Å²) >= 11 is 0. The van der Waals surface area contributed by atoms with E-state index in [9.17, 15) is 13.2 Å². The van der Waals surface area contributed by atoms with Crippen LogP contribution in [0.1, 0.15) is 0 Å². The minimum atomic E-state index is -4.26. The SMILES string of the molecule is CN1C=NCC2=C1NC(C(F)(F)F)C=C2. The first kappa shape index (κ1) is 10.1. The molecule has 2 aliphatic rings. The fourth-order valence-electron chi connectivity index (χ4n) is 1.55. The fourth-order valence-corrected chi connectivity index (χ4v) is 1.55. The van der Waals surface area contributed by atoms with Gasteiger partial charge in [0.2, 0.25) is 0 Å². The third-order valence-electron chi connectivity index (χ3n) is 2.31. The largest absolute Gasteiger partial charge is 0.412 e. The Morgan fingerprint density at radius 1 is 1.53 bits per heavy atom. The lowest BCUT2D eigenvalue weighted by Gasteiger charge is -2.32. The van der Waals surface area contributed by atoms with Gasteiger partial charge in [-0.3, -0.25) is 4.99 Å². The molecule has 0 spiro atoms. The van der Waals surface area contributed by atoms with Crippen LogP contribution in [0.5, 0.6) is 0 Å². The van der Waals surface area contributed by atoms with Crippen LogP contribution in [0.15, 0.2) is 28.5 Å². The molecule has 0 aliphatic carbocycles. The molecule has 2 heterocycles. The van der Waals surface area contributed by atoms with E-state index in [1.165, 1.54) is 12.4 Å². The van der Waals surface area contributed by atoms with E-state index in [0.29, 0.717) is 12.4 Å². The van der Waals surface area contributed by atoms with Gasteiger partial charge in [-0.25, -0.2) is 0 Å². The van der Waals surface area contributed by atoms with Crippen molar-refractivity contribution in [1.29, 1.82) is 0 Å². The lowest BCUT2D eigenvalue weighted by molar-refractivity contribution is -0.143. The molecule has 15 heavy (non-hydrogen) atoms. The summed E-state index contributed by atoms with van der Waals surface area (Å²) in [7, 11) is 1.66. The summed E-state index contributed by atoms with van der Waals surface area (Å²) in [6.45, 7) is 0.424. The van der Waals surface area contributed by atoms with Gasteiger partial charge < -0.3 is 10.2 Å². The van der Waals surface area contributed by atoms with Gasteiger partial charge in [0.25, 0.3) is 0 Å². The Balaban J connectivity index is 2.21. The van der Waals surface area contributed by atoms with Crippen LogP contribution in [0, 0.1) is 0 Å². The first-order valence-electron chi connectivity index (χ1n) is 4.46. The Morgan fingerprint density at radius 3 is 2.93 bits per heavy atom. The van der Waals surface area contributed by atoms with Crippen molar-refractivity contribution in [2.45, 2.75) is 12.2 Å². The van der Waals surface area contributed by atoms with Gasteiger partial charge in [0.1, 0.15) is 11.9 Å². The molecule has 3 nitrogen and oxygen atoms in total.